The Balaban J connectivity index is 2.86. The van der Waals surface area contributed by atoms with Crippen molar-refractivity contribution in [1.29, 1.82) is 0 Å². The fourth-order valence-electron chi connectivity index (χ4n) is 1.51. The number of halogens is 6. The first-order valence-corrected chi connectivity index (χ1v) is 6.91. The summed E-state index contributed by atoms with van der Waals surface area (Å²) in [5.74, 6) is -0.728. The van der Waals surface area contributed by atoms with Crippen LogP contribution in [0.25, 0.3) is 11.3 Å². The lowest BCUT2D eigenvalue weighted by Crippen LogP contribution is -1.97. The zero-order valence-electron chi connectivity index (χ0n) is 9.36. The Morgan fingerprint density at radius 1 is 0.900 bits per heavy atom. The molecule has 0 unspecified atom stereocenters. The summed E-state index contributed by atoms with van der Waals surface area (Å²) in [6, 6.07) is 2.28. The number of hydrogen-bond acceptors (Lipinski definition) is 2. The molecule has 2 rings (SSSR count). The smallest absolute Gasteiger partial charge is 0.168 e. The maximum absolute atomic E-state index is 13.9. The lowest BCUT2D eigenvalue weighted by molar-refractivity contribution is 0.111. The van der Waals surface area contributed by atoms with E-state index >= 15 is 0 Å². The third-order valence-corrected chi connectivity index (χ3v) is 4.71. The first-order valence-electron chi connectivity index (χ1n) is 5.02. The zero-order valence-corrected chi connectivity index (χ0v) is 13.1. The second kappa shape index (κ2) is 6.04. The van der Waals surface area contributed by atoms with Gasteiger partial charge in [0.2, 0.25) is 0 Å². The lowest BCUT2D eigenvalue weighted by Gasteiger charge is -2.12. The minimum Gasteiger partial charge on any atom is -0.296 e. The van der Waals surface area contributed by atoms with Crippen molar-refractivity contribution < 1.29 is 9.18 Å². The standard InChI is InChI=1S/C12H3Cl5FNO/c13-7-6(8(14)10(16)11(17)9(7)15)12-5(18)2-1-4(3-20)19-12/h1-3H. The van der Waals surface area contributed by atoms with E-state index in [2.05, 4.69) is 4.98 Å². The van der Waals surface area contributed by atoms with Gasteiger partial charge in [-0.05, 0) is 12.1 Å². The number of benzene rings is 1. The molecule has 0 aliphatic heterocycles. The highest BCUT2D eigenvalue weighted by molar-refractivity contribution is 6.56. The highest BCUT2D eigenvalue weighted by atomic mass is 35.5. The van der Waals surface area contributed by atoms with Crippen LogP contribution in [0, 0.1) is 5.82 Å². The predicted octanol–water partition coefficient (Wildman–Crippen LogP) is 5.97. The largest absolute Gasteiger partial charge is 0.296 e. The van der Waals surface area contributed by atoms with Crippen LogP contribution in [0.2, 0.25) is 25.1 Å². The normalized spacial score (nSPS) is 10.7. The number of pyridine rings is 1. The molecule has 0 fully saturated rings. The Kier molecular flexibility index (Phi) is 4.77. The molecule has 1 aromatic carbocycles. The third-order valence-electron chi connectivity index (χ3n) is 2.43. The zero-order chi connectivity index (χ0) is 15.0. The van der Waals surface area contributed by atoms with Crippen molar-refractivity contribution in [3.8, 4) is 11.3 Å². The third kappa shape index (κ3) is 2.61. The number of nitrogens with zero attached hydrogens (tertiary/aromatic N) is 1. The molecule has 0 spiro atoms. The highest BCUT2D eigenvalue weighted by Crippen LogP contribution is 2.48. The van der Waals surface area contributed by atoms with Crippen LogP contribution in [0.1, 0.15) is 10.5 Å². The van der Waals surface area contributed by atoms with Crippen molar-refractivity contribution in [2.45, 2.75) is 0 Å². The molecule has 1 aromatic heterocycles. The molecule has 0 amide bonds. The van der Waals surface area contributed by atoms with Crippen LogP contribution in [-0.4, -0.2) is 11.3 Å². The summed E-state index contributed by atoms with van der Waals surface area (Å²) >= 11 is 29.7. The number of aldehydes is 1. The van der Waals surface area contributed by atoms with Crippen LogP contribution in [0.5, 0.6) is 0 Å². The molecule has 0 N–H and O–H groups in total. The monoisotopic (exact) mass is 371 g/mol. The number of carbonyl (C=O) groups excluding carboxylic acids is 1. The van der Waals surface area contributed by atoms with Gasteiger partial charge in [0, 0.05) is 5.56 Å². The second-order valence-corrected chi connectivity index (χ2v) is 5.52. The van der Waals surface area contributed by atoms with Gasteiger partial charge in [0.25, 0.3) is 0 Å². The molecule has 0 bridgehead atoms. The van der Waals surface area contributed by atoms with Crippen molar-refractivity contribution in [2.75, 3.05) is 0 Å². The van der Waals surface area contributed by atoms with Gasteiger partial charge < -0.3 is 0 Å². The van der Waals surface area contributed by atoms with Crippen molar-refractivity contribution in [2.24, 2.45) is 0 Å². The fraction of sp³-hybridized carbons (Fsp3) is 0. The quantitative estimate of drug-likeness (QED) is 0.369. The maximum Gasteiger partial charge on any atom is 0.168 e. The molecule has 2 nitrogen and oxygen atoms in total. The summed E-state index contributed by atoms with van der Waals surface area (Å²) in [4.78, 5) is 14.6. The van der Waals surface area contributed by atoms with Gasteiger partial charge in [0.15, 0.2) is 6.29 Å². The number of aromatic nitrogens is 1. The number of rotatable bonds is 2. The molecule has 2 aromatic rings. The van der Waals surface area contributed by atoms with Crippen LogP contribution in [0.3, 0.4) is 0 Å². The Bertz CT molecular complexity index is 690. The number of hydrogen-bond donors (Lipinski definition) is 0. The molecule has 8 heteroatoms. The summed E-state index contributed by atoms with van der Waals surface area (Å²) in [5.41, 5.74) is -0.241. The topological polar surface area (TPSA) is 30.0 Å². The Hall–Kier alpha value is -0.580. The van der Waals surface area contributed by atoms with Crippen LogP contribution < -0.4 is 0 Å². The maximum atomic E-state index is 13.9. The summed E-state index contributed by atoms with van der Waals surface area (Å²) < 4.78 is 13.9. The van der Waals surface area contributed by atoms with E-state index < -0.39 is 5.82 Å². The lowest BCUT2D eigenvalue weighted by atomic mass is 10.1. The second-order valence-electron chi connectivity index (χ2n) is 3.63. The van der Waals surface area contributed by atoms with Crippen molar-refractivity contribution >= 4 is 64.3 Å². The van der Waals surface area contributed by atoms with Crippen LogP contribution in [0.15, 0.2) is 12.1 Å². The van der Waals surface area contributed by atoms with Crippen molar-refractivity contribution in [3.05, 3.63) is 48.8 Å². The minimum absolute atomic E-state index is 0.00993. The highest BCUT2D eigenvalue weighted by Gasteiger charge is 2.23. The SMILES string of the molecule is O=Cc1ccc(F)c(-c2c(Cl)c(Cl)c(Cl)c(Cl)c2Cl)n1. The Labute approximate surface area is 138 Å². The molecule has 0 saturated carbocycles. The summed E-state index contributed by atoms with van der Waals surface area (Å²) in [5, 5.41) is -0.383. The molecule has 0 aliphatic rings. The van der Waals surface area contributed by atoms with E-state index in [0.717, 1.165) is 6.07 Å². The van der Waals surface area contributed by atoms with Gasteiger partial charge >= 0.3 is 0 Å². The van der Waals surface area contributed by atoms with Gasteiger partial charge in [-0.3, -0.25) is 4.79 Å². The van der Waals surface area contributed by atoms with Gasteiger partial charge in [0.1, 0.15) is 17.2 Å². The Morgan fingerprint density at radius 2 is 1.40 bits per heavy atom. The van der Waals surface area contributed by atoms with Gasteiger partial charge in [0.05, 0.1) is 25.1 Å². The molecule has 0 aliphatic carbocycles. The van der Waals surface area contributed by atoms with E-state index in [4.69, 9.17) is 58.0 Å². The summed E-state index contributed by atoms with van der Waals surface area (Å²) in [6.45, 7) is 0. The summed E-state index contributed by atoms with van der Waals surface area (Å²) in [6.07, 6.45) is 0.462. The molecule has 0 saturated heterocycles. The van der Waals surface area contributed by atoms with Crippen molar-refractivity contribution in [3.63, 3.8) is 0 Å². The Morgan fingerprint density at radius 3 is 1.90 bits per heavy atom. The average Bonchev–Trinajstić information content (AvgIpc) is 2.45. The first-order chi connectivity index (χ1) is 9.38. The number of carbonyl (C=O) groups is 1. The predicted molar refractivity (Wildman–Crippen MR) is 80.1 cm³/mol. The van der Waals surface area contributed by atoms with Gasteiger partial charge in [-0.15, -0.1) is 0 Å². The van der Waals surface area contributed by atoms with Crippen LogP contribution in [0.4, 0.5) is 4.39 Å². The molecular formula is C12H3Cl5FNO. The molecule has 20 heavy (non-hydrogen) atoms. The fourth-order valence-corrected chi connectivity index (χ4v) is 2.83. The molecule has 104 valence electrons. The van der Waals surface area contributed by atoms with E-state index in [9.17, 15) is 9.18 Å². The molecule has 1 heterocycles. The van der Waals surface area contributed by atoms with E-state index in [0.29, 0.717) is 6.29 Å². The molecule has 0 radical (unpaired) electrons. The minimum atomic E-state index is -0.728. The van der Waals surface area contributed by atoms with Gasteiger partial charge in [-0.2, -0.15) is 0 Å². The van der Waals surface area contributed by atoms with Gasteiger partial charge in [-0.1, -0.05) is 58.0 Å². The van der Waals surface area contributed by atoms with E-state index in [-0.39, 0.29) is 42.1 Å². The van der Waals surface area contributed by atoms with E-state index in [1.54, 1.807) is 0 Å². The van der Waals surface area contributed by atoms with E-state index in [1.165, 1.54) is 6.07 Å². The van der Waals surface area contributed by atoms with Crippen molar-refractivity contribution in [1.82, 2.24) is 4.98 Å². The molecular weight excluding hydrogens is 370 g/mol. The first kappa shape index (κ1) is 15.8. The summed E-state index contributed by atoms with van der Waals surface area (Å²) in [7, 11) is 0. The van der Waals surface area contributed by atoms with E-state index in [1.807, 2.05) is 0 Å². The average molecular weight is 373 g/mol. The molecule has 0 atom stereocenters. The van der Waals surface area contributed by atoms with Crippen LogP contribution in [-0.2, 0) is 0 Å². The van der Waals surface area contributed by atoms with Crippen LogP contribution >= 0.6 is 58.0 Å². The van der Waals surface area contributed by atoms with Gasteiger partial charge in [-0.25, -0.2) is 9.37 Å².